The molecule has 0 radical (unpaired) electrons. The first-order valence-corrected chi connectivity index (χ1v) is 4.90. The second kappa shape index (κ2) is 4.10. The van der Waals surface area contributed by atoms with Crippen LogP contribution in [0.2, 0.25) is 5.02 Å². The normalized spacial score (nSPS) is 10.4. The Kier molecular flexibility index (Phi) is 2.79. The molecule has 1 N–H and O–H groups in total. The summed E-state index contributed by atoms with van der Waals surface area (Å²) in [5, 5.41) is 9.31. The summed E-state index contributed by atoms with van der Waals surface area (Å²) in [6.45, 7) is 0. The summed E-state index contributed by atoms with van der Waals surface area (Å²) >= 11 is 5.69. The van der Waals surface area contributed by atoms with Crippen LogP contribution in [0.4, 0.5) is 8.78 Å². The molecule has 2 rings (SSSR count). The average molecular weight is 241 g/mol. The summed E-state index contributed by atoms with van der Waals surface area (Å²) in [5.41, 5.74) is 0.529. The molecular formula is C12H7ClF2O. The number of hydrogen-bond donors (Lipinski definition) is 1. The Morgan fingerprint density at radius 1 is 1.06 bits per heavy atom. The third-order valence-corrected chi connectivity index (χ3v) is 2.51. The van der Waals surface area contributed by atoms with Crippen LogP contribution in [0.15, 0.2) is 36.4 Å². The number of aromatic hydroxyl groups is 1. The first-order valence-electron chi connectivity index (χ1n) is 4.52. The molecule has 0 bridgehead atoms. The lowest BCUT2D eigenvalue weighted by atomic mass is 10.0. The van der Waals surface area contributed by atoms with E-state index in [1.807, 2.05) is 0 Å². The maximum Gasteiger partial charge on any atom is 0.166 e. The van der Waals surface area contributed by atoms with Gasteiger partial charge in [0.1, 0.15) is 5.75 Å². The van der Waals surface area contributed by atoms with Crippen molar-refractivity contribution in [3.05, 3.63) is 53.1 Å². The van der Waals surface area contributed by atoms with Gasteiger partial charge >= 0.3 is 0 Å². The van der Waals surface area contributed by atoms with Crippen LogP contribution in [0.25, 0.3) is 11.1 Å². The SMILES string of the molecule is Oc1ccc(-c2cccc(F)c2F)cc1Cl. The number of hydrogen-bond acceptors (Lipinski definition) is 1. The summed E-state index contributed by atoms with van der Waals surface area (Å²) in [5.74, 6) is -1.94. The molecule has 82 valence electrons. The number of phenolic OH excluding ortho intramolecular Hbond substituents is 1. The molecule has 2 aromatic carbocycles. The quantitative estimate of drug-likeness (QED) is 0.799. The molecule has 2 aromatic rings. The van der Waals surface area contributed by atoms with Crippen LogP contribution in [-0.2, 0) is 0 Å². The van der Waals surface area contributed by atoms with Crippen LogP contribution in [0.1, 0.15) is 0 Å². The lowest BCUT2D eigenvalue weighted by molar-refractivity contribution is 0.475. The molecule has 0 saturated heterocycles. The van der Waals surface area contributed by atoms with Crippen LogP contribution in [-0.4, -0.2) is 5.11 Å². The molecule has 0 spiro atoms. The van der Waals surface area contributed by atoms with Crippen molar-refractivity contribution in [1.82, 2.24) is 0 Å². The predicted octanol–water partition coefficient (Wildman–Crippen LogP) is 3.99. The summed E-state index contributed by atoms with van der Waals surface area (Å²) in [6.07, 6.45) is 0. The van der Waals surface area contributed by atoms with Gasteiger partial charge in [-0.3, -0.25) is 0 Å². The highest BCUT2D eigenvalue weighted by molar-refractivity contribution is 6.32. The minimum absolute atomic E-state index is 0.0952. The van der Waals surface area contributed by atoms with E-state index in [0.717, 1.165) is 6.07 Å². The summed E-state index contributed by atoms with van der Waals surface area (Å²) in [6, 6.07) is 8.09. The number of phenols is 1. The van der Waals surface area contributed by atoms with Crippen molar-refractivity contribution in [2.24, 2.45) is 0 Å². The van der Waals surface area contributed by atoms with Gasteiger partial charge in [-0.25, -0.2) is 8.78 Å². The van der Waals surface area contributed by atoms with Crippen LogP contribution >= 0.6 is 11.6 Å². The highest BCUT2D eigenvalue weighted by atomic mass is 35.5. The fraction of sp³-hybridized carbons (Fsp3) is 0. The van der Waals surface area contributed by atoms with Gasteiger partial charge in [0.15, 0.2) is 11.6 Å². The van der Waals surface area contributed by atoms with Crippen molar-refractivity contribution >= 4 is 11.6 Å². The number of halogens is 3. The summed E-state index contributed by atoms with van der Waals surface area (Å²) in [4.78, 5) is 0. The zero-order chi connectivity index (χ0) is 11.7. The van der Waals surface area contributed by atoms with Gasteiger partial charge in [0, 0.05) is 5.56 Å². The molecule has 4 heteroatoms. The summed E-state index contributed by atoms with van der Waals surface area (Å²) in [7, 11) is 0. The van der Waals surface area contributed by atoms with Crippen molar-refractivity contribution in [3.63, 3.8) is 0 Å². The minimum Gasteiger partial charge on any atom is -0.506 e. The molecule has 0 saturated carbocycles. The van der Waals surface area contributed by atoms with Crippen molar-refractivity contribution in [2.75, 3.05) is 0 Å². The zero-order valence-electron chi connectivity index (χ0n) is 8.05. The number of benzene rings is 2. The van der Waals surface area contributed by atoms with E-state index in [9.17, 15) is 13.9 Å². The second-order valence-electron chi connectivity index (χ2n) is 3.27. The second-order valence-corrected chi connectivity index (χ2v) is 3.67. The van der Waals surface area contributed by atoms with E-state index in [4.69, 9.17) is 11.6 Å². The van der Waals surface area contributed by atoms with Gasteiger partial charge in [0.05, 0.1) is 5.02 Å². The van der Waals surface area contributed by atoms with E-state index in [-0.39, 0.29) is 16.3 Å². The van der Waals surface area contributed by atoms with E-state index in [0.29, 0.717) is 5.56 Å². The molecule has 0 fully saturated rings. The topological polar surface area (TPSA) is 20.2 Å². The monoisotopic (exact) mass is 240 g/mol. The molecular weight excluding hydrogens is 234 g/mol. The van der Waals surface area contributed by atoms with Crippen LogP contribution in [0, 0.1) is 11.6 Å². The van der Waals surface area contributed by atoms with Gasteiger partial charge in [-0.15, -0.1) is 0 Å². The molecule has 0 aromatic heterocycles. The first kappa shape index (κ1) is 10.9. The van der Waals surface area contributed by atoms with E-state index in [1.54, 1.807) is 0 Å². The Balaban J connectivity index is 2.59. The highest BCUT2D eigenvalue weighted by Crippen LogP contribution is 2.31. The molecule has 0 aliphatic rings. The standard InChI is InChI=1S/C12H7ClF2O/c13-9-6-7(4-5-11(9)16)8-2-1-3-10(14)12(8)15/h1-6,16H. The molecule has 0 unspecified atom stereocenters. The van der Waals surface area contributed by atoms with Gasteiger partial charge in [-0.1, -0.05) is 29.8 Å². The Bertz CT molecular complexity index is 541. The van der Waals surface area contributed by atoms with Crippen LogP contribution < -0.4 is 0 Å². The van der Waals surface area contributed by atoms with Crippen LogP contribution in [0.5, 0.6) is 5.75 Å². The van der Waals surface area contributed by atoms with Crippen molar-refractivity contribution in [3.8, 4) is 16.9 Å². The van der Waals surface area contributed by atoms with E-state index in [2.05, 4.69) is 0 Å². The maximum atomic E-state index is 13.4. The van der Waals surface area contributed by atoms with Crippen LogP contribution in [0.3, 0.4) is 0 Å². The zero-order valence-corrected chi connectivity index (χ0v) is 8.80. The fourth-order valence-corrected chi connectivity index (χ4v) is 1.58. The average Bonchev–Trinajstić information content (AvgIpc) is 2.26. The Labute approximate surface area is 95.9 Å². The third kappa shape index (κ3) is 1.86. The lowest BCUT2D eigenvalue weighted by Gasteiger charge is -2.05. The highest BCUT2D eigenvalue weighted by Gasteiger charge is 2.10. The smallest absolute Gasteiger partial charge is 0.166 e. The molecule has 0 aliphatic carbocycles. The van der Waals surface area contributed by atoms with Crippen molar-refractivity contribution < 1.29 is 13.9 Å². The van der Waals surface area contributed by atoms with Crippen molar-refractivity contribution in [1.29, 1.82) is 0 Å². The Hall–Kier alpha value is -1.61. The molecule has 0 heterocycles. The lowest BCUT2D eigenvalue weighted by Crippen LogP contribution is -1.88. The van der Waals surface area contributed by atoms with Gasteiger partial charge in [0.25, 0.3) is 0 Å². The van der Waals surface area contributed by atoms with Gasteiger partial charge < -0.3 is 5.11 Å². The van der Waals surface area contributed by atoms with E-state index >= 15 is 0 Å². The molecule has 1 nitrogen and oxygen atoms in total. The largest absolute Gasteiger partial charge is 0.506 e. The molecule has 0 amide bonds. The molecule has 0 aliphatic heterocycles. The Morgan fingerprint density at radius 2 is 1.81 bits per heavy atom. The number of rotatable bonds is 1. The maximum absolute atomic E-state index is 13.4. The third-order valence-electron chi connectivity index (χ3n) is 2.21. The minimum atomic E-state index is -0.927. The van der Waals surface area contributed by atoms with E-state index < -0.39 is 11.6 Å². The van der Waals surface area contributed by atoms with Gasteiger partial charge in [0.2, 0.25) is 0 Å². The molecule has 16 heavy (non-hydrogen) atoms. The fourth-order valence-electron chi connectivity index (χ4n) is 1.40. The first-order chi connectivity index (χ1) is 7.59. The summed E-state index contributed by atoms with van der Waals surface area (Å²) < 4.78 is 26.4. The van der Waals surface area contributed by atoms with Gasteiger partial charge in [-0.05, 0) is 23.8 Å². The van der Waals surface area contributed by atoms with Crippen molar-refractivity contribution in [2.45, 2.75) is 0 Å². The van der Waals surface area contributed by atoms with E-state index in [1.165, 1.54) is 30.3 Å². The Morgan fingerprint density at radius 3 is 2.50 bits per heavy atom. The predicted molar refractivity (Wildman–Crippen MR) is 58.5 cm³/mol. The van der Waals surface area contributed by atoms with Gasteiger partial charge in [-0.2, -0.15) is 0 Å². The molecule has 0 atom stereocenters.